The standard InChI is InChI=1S/C19H23NO2/c1-3-13-12-16(22-4-2)6-8-17(13)19-18-7-5-15(21)11-14(18)9-10-20-19/h5-8,11-12,19-21H,3-4,9-10H2,1-2H3. The number of phenolic OH excluding ortho intramolecular Hbond substituents is 1. The number of hydrogen-bond acceptors (Lipinski definition) is 3. The number of nitrogens with one attached hydrogen (secondary N) is 1. The molecule has 2 aromatic rings. The Morgan fingerprint density at radius 1 is 1.14 bits per heavy atom. The Bertz CT molecular complexity index is 666. The van der Waals surface area contributed by atoms with E-state index in [9.17, 15) is 5.11 Å². The summed E-state index contributed by atoms with van der Waals surface area (Å²) in [5.74, 6) is 1.28. The lowest BCUT2D eigenvalue weighted by Gasteiger charge is -2.29. The number of aromatic hydroxyl groups is 1. The van der Waals surface area contributed by atoms with Crippen LogP contribution in [0.15, 0.2) is 36.4 Å². The number of phenols is 1. The molecule has 2 aromatic carbocycles. The van der Waals surface area contributed by atoms with Crippen LogP contribution in [0.3, 0.4) is 0 Å². The van der Waals surface area contributed by atoms with Gasteiger partial charge in [-0.25, -0.2) is 0 Å². The van der Waals surface area contributed by atoms with Crippen molar-refractivity contribution >= 4 is 0 Å². The van der Waals surface area contributed by atoms with Crippen molar-refractivity contribution in [3.8, 4) is 11.5 Å². The van der Waals surface area contributed by atoms with Gasteiger partial charge in [0.15, 0.2) is 0 Å². The van der Waals surface area contributed by atoms with Gasteiger partial charge in [-0.15, -0.1) is 0 Å². The third kappa shape index (κ3) is 2.81. The van der Waals surface area contributed by atoms with Gasteiger partial charge in [0.05, 0.1) is 12.6 Å². The van der Waals surface area contributed by atoms with Gasteiger partial charge in [0.25, 0.3) is 0 Å². The lowest BCUT2D eigenvalue weighted by atomic mass is 9.87. The summed E-state index contributed by atoms with van der Waals surface area (Å²) in [5.41, 5.74) is 5.12. The average Bonchev–Trinajstić information content (AvgIpc) is 2.54. The van der Waals surface area contributed by atoms with Crippen molar-refractivity contribution in [3.05, 3.63) is 58.7 Å². The fourth-order valence-electron chi connectivity index (χ4n) is 3.26. The Morgan fingerprint density at radius 2 is 1.95 bits per heavy atom. The molecule has 0 amide bonds. The summed E-state index contributed by atoms with van der Waals surface area (Å²) >= 11 is 0. The molecule has 2 N–H and O–H groups in total. The van der Waals surface area contributed by atoms with Crippen LogP contribution >= 0.6 is 0 Å². The van der Waals surface area contributed by atoms with E-state index in [0.717, 1.165) is 25.1 Å². The van der Waals surface area contributed by atoms with Crippen LogP contribution in [-0.2, 0) is 12.8 Å². The van der Waals surface area contributed by atoms with E-state index < -0.39 is 0 Å². The number of aryl methyl sites for hydroxylation is 1. The fourth-order valence-corrected chi connectivity index (χ4v) is 3.26. The summed E-state index contributed by atoms with van der Waals surface area (Å²) in [7, 11) is 0. The monoisotopic (exact) mass is 297 g/mol. The van der Waals surface area contributed by atoms with Crippen LogP contribution in [0.25, 0.3) is 0 Å². The topological polar surface area (TPSA) is 41.5 Å². The Hall–Kier alpha value is -2.00. The third-order valence-electron chi connectivity index (χ3n) is 4.30. The molecule has 0 saturated heterocycles. The molecule has 116 valence electrons. The SMILES string of the molecule is CCOc1ccc(C2NCCc3cc(O)ccc32)c(CC)c1. The molecule has 22 heavy (non-hydrogen) atoms. The maximum Gasteiger partial charge on any atom is 0.119 e. The van der Waals surface area contributed by atoms with Crippen LogP contribution in [0.2, 0.25) is 0 Å². The van der Waals surface area contributed by atoms with E-state index in [0.29, 0.717) is 12.4 Å². The van der Waals surface area contributed by atoms with Gasteiger partial charge in [0.2, 0.25) is 0 Å². The second-order valence-electron chi connectivity index (χ2n) is 5.67. The van der Waals surface area contributed by atoms with Gasteiger partial charge in [0.1, 0.15) is 11.5 Å². The minimum atomic E-state index is 0.190. The molecule has 0 aliphatic carbocycles. The smallest absolute Gasteiger partial charge is 0.119 e. The van der Waals surface area contributed by atoms with Gasteiger partial charge in [0, 0.05) is 6.54 Å². The van der Waals surface area contributed by atoms with Crippen LogP contribution in [-0.4, -0.2) is 18.3 Å². The number of fused-ring (bicyclic) bond motifs is 1. The highest BCUT2D eigenvalue weighted by atomic mass is 16.5. The number of benzene rings is 2. The summed E-state index contributed by atoms with van der Waals surface area (Å²) in [5, 5.41) is 13.3. The molecule has 1 atom stereocenters. The molecule has 1 unspecified atom stereocenters. The zero-order chi connectivity index (χ0) is 15.5. The second-order valence-corrected chi connectivity index (χ2v) is 5.67. The number of ether oxygens (including phenoxy) is 1. The molecule has 3 heteroatoms. The zero-order valence-corrected chi connectivity index (χ0v) is 13.2. The highest BCUT2D eigenvalue weighted by Crippen LogP contribution is 2.34. The Morgan fingerprint density at radius 3 is 2.73 bits per heavy atom. The number of rotatable bonds is 4. The van der Waals surface area contributed by atoms with Crippen molar-refractivity contribution in [2.75, 3.05) is 13.2 Å². The average molecular weight is 297 g/mol. The molecule has 3 rings (SSSR count). The minimum Gasteiger partial charge on any atom is -0.508 e. The van der Waals surface area contributed by atoms with Crippen molar-refractivity contribution in [2.45, 2.75) is 32.7 Å². The van der Waals surface area contributed by atoms with Crippen molar-refractivity contribution in [1.82, 2.24) is 5.32 Å². The summed E-state index contributed by atoms with van der Waals surface area (Å²) in [4.78, 5) is 0. The minimum absolute atomic E-state index is 0.190. The van der Waals surface area contributed by atoms with Crippen LogP contribution in [0.1, 0.15) is 42.1 Å². The van der Waals surface area contributed by atoms with Crippen molar-refractivity contribution in [2.24, 2.45) is 0 Å². The van der Waals surface area contributed by atoms with Gasteiger partial charge < -0.3 is 15.2 Å². The summed E-state index contributed by atoms with van der Waals surface area (Å²) in [6, 6.07) is 12.3. The lowest BCUT2D eigenvalue weighted by molar-refractivity contribution is 0.339. The van der Waals surface area contributed by atoms with Crippen molar-refractivity contribution < 1.29 is 9.84 Å². The molecule has 1 heterocycles. The zero-order valence-electron chi connectivity index (χ0n) is 13.2. The molecule has 1 aliphatic heterocycles. The van der Waals surface area contributed by atoms with E-state index in [1.807, 2.05) is 25.1 Å². The first-order valence-electron chi connectivity index (χ1n) is 8.03. The lowest BCUT2D eigenvalue weighted by Crippen LogP contribution is -2.31. The molecule has 0 spiro atoms. The van der Waals surface area contributed by atoms with E-state index in [1.54, 1.807) is 6.07 Å². The van der Waals surface area contributed by atoms with Gasteiger partial charge in [-0.05, 0) is 66.3 Å². The molecule has 0 fully saturated rings. The first kappa shape index (κ1) is 14.9. The van der Waals surface area contributed by atoms with E-state index >= 15 is 0 Å². The fraction of sp³-hybridized carbons (Fsp3) is 0.368. The largest absolute Gasteiger partial charge is 0.508 e. The maximum atomic E-state index is 9.70. The van der Waals surface area contributed by atoms with Gasteiger partial charge >= 0.3 is 0 Å². The first-order chi connectivity index (χ1) is 10.7. The quantitative estimate of drug-likeness (QED) is 0.906. The van der Waals surface area contributed by atoms with Gasteiger partial charge in [-0.1, -0.05) is 19.1 Å². The molecule has 0 radical (unpaired) electrons. The Labute approximate surface area is 131 Å². The molecular weight excluding hydrogens is 274 g/mol. The molecule has 3 nitrogen and oxygen atoms in total. The number of hydrogen-bond donors (Lipinski definition) is 2. The van der Waals surface area contributed by atoms with Gasteiger partial charge in [-0.2, -0.15) is 0 Å². The molecule has 1 aliphatic rings. The summed E-state index contributed by atoms with van der Waals surface area (Å²) in [6.07, 6.45) is 1.93. The van der Waals surface area contributed by atoms with Crippen LogP contribution in [0.5, 0.6) is 11.5 Å². The predicted molar refractivity (Wildman–Crippen MR) is 88.6 cm³/mol. The first-order valence-corrected chi connectivity index (χ1v) is 8.03. The van der Waals surface area contributed by atoms with E-state index in [-0.39, 0.29) is 6.04 Å². The molecule has 0 aromatic heterocycles. The van der Waals surface area contributed by atoms with E-state index in [2.05, 4.69) is 24.4 Å². The second kappa shape index (κ2) is 6.41. The van der Waals surface area contributed by atoms with Crippen molar-refractivity contribution in [3.63, 3.8) is 0 Å². The Kier molecular flexibility index (Phi) is 4.34. The normalized spacial score (nSPS) is 17.1. The Balaban J connectivity index is 2.02. The van der Waals surface area contributed by atoms with Gasteiger partial charge in [-0.3, -0.25) is 0 Å². The molecular formula is C19H23NO2. The maximum absolute atomic E-state index is 9.70. The van der Waals surface area contributed by atoms with Crippen molar-refractivity contribution in [1.29, 1.82) is 0 Å². The van der Waals surface area contributed by atoms with Crippen LogP contribution in [0.4, 0.5) is 0 Å². The highest BCUT2D eigenvalue weighted by molar-refractivity contribution is 5.47. The summed E-state index contributed by atoms with van der Waals surface area (Å²) < 4.78 is 5.62. The predicted octanol–water partition coefficient (Wildman–Crippen LogP) is 3.59. The van der Waals surface area contributed by atoms with E-state index in [1.165, 1.54) is 22.3 Å². The highest BCUT2D eigenvalue weighted by Gasteiger charge is 2.23. The third-order valence-corrected chi connectivity index (χ3v) is 4.30. The summed E-state index contributed by atoms with van der Waals surface area (Å²) in [6.45, 7) is 5.80. The molecule has 0 bridgehead atoms. The van der Waals surface area contributed by atoms with Crippen LogP contribution in [0, 0.1) is 0 Å². The van der Waals surface area contributed by atoms with Crippen LogP contribution < -0.4 is 10.1 Å². The molecule has 0 saturated carbocycles. The van der Waals surface area contributed by atoms with E-state index in [4.69, 9.17) is 4.74 Å².